The first-order valence-corrected chi connectivity index (χ1v) is 26.2. The Morgan fingerprint density at radius 2 is 1.02 bits per heavy atom. The van der Waals surface area contributed by atoms with Crippen molar-refractivity contribution in [1.82, 2.24) is 15.1 Å². The number of rotatable bonds is 39. The predicted molar refractivity (Wildman–Crippen MR) is 257 cm³/mol. The number of hydrogen-bond donors (Lipinski definition) is 1. The van der Waals surface area contributed by atoms with E-state index in [9.17, 15) is 9.59 Å². The minimum Gasteiger partial charge on any atom is -0.348 e. The lowest BCUT2D eigenvalue weighted by Gasteiger charge is -2.38. The summed E-state index contributed by atoms with van der Waals surface area (Å²) in [4.78, 5) is 33.9. The van der Waals surface area contributed by atoms with Gasteiger partial charge in [0.25, 0.3) is 0 Å². The minimum atomic E-state index is -0.403. The van der Waals surface area contributed by atoms with Crippen LogP contribution in [0.5, 0.6) is 0 Å². The van der Waals surface area contributed by atoms with Crippen molar-refractivity contribution in [3.8, 4) is 0 Å². The molecule has 342 valence electrons. The molecule has 2 amide bonds. The smallest absolute Gasteiger partial charge is 0.243 e. The first kappa shape index (κ1) is 53.3. The monoisotopic (exact) mass is 822 g/mol. The number of carbonyl (C=O) groups is 2. The fourth-order valence-electron chi connectivity index (χ4n) is 9.53. The number of carbonyl (C=O) groups excluding carboxylic acids is 2. The van der Waals surface area contributed by atoms with Gasteiger partial charge in [0.05, 0.1) is 6.04 Å². The zero-order valence-electron chi connectivity index (χ0n) is 40.1. The number of likely N-dealkylation sites (tertiary alicyclic amines) is 1. The Labute approximate surface area is 367 Å². The zero-order valence-corrected chi connectivity index (χ0v) is 40.1. The molecule has 1 aliphatic rings. The molecule has 1 heterocycles. The standard InChI is InChI=1S/C54H99N3O2/c1-6-9-12-15-18-20-21-22-23-24-25-27-30-36-41-53(58)57(47-50(37-32-28-17-14-11-8-3)38-33-29-26-19-16-13-10-7-2)52(46-49-42-44-56(5)45-43-49)54(59)55-48(4)51-39-34-31-35-40-51/h31,34-35,39-40,48-50,52H,6-30,32-33,36-38,41-47H2,1-5H3,(H,55,59). The van der Waals surface area contributed by atoms with E-state index in [1.54, 1.807) is 0 Å². The Kier molecular flexibility index (Phi) is 33.2. The van der Waals surface area contributed by atoms with Crippen molar-refractivity contribution < 1.29 is 9.59 Å². The van der Waals surface area contributed by atoms with Gasteiger partial charge in [0, 0.05) is 13.0 Å². The molecule has 1 N–H and O–H groups in total. The molecule has 0 saturated carbocycles. The van der Waals surface area contributed by atoms with E-state index in [2.05, 4.69) is 74.1 Å². The van der Waals surface area contributed by atoms with E-state index in [0.29, 0.717) is 18.3 Å². The van der Waals surface area contributed by atoms with Crippen molar-refractivity contribution in [1.29, 1.82) is 0 Å². The quantitative estimate of drug-likeness (QED) is 0.0673. The van der Waals surface area contributed by atoms with Crippen LogP contribution >= 0.6 is 0 Å². The van der Waals surface area contributed by atoms with Gasteiger partial charge in [-0.15, -0.1) is 0 Å². The summed E-state index contributed by atoms with van der Waals surface area (Å²) in [6, 6.07) is 9.86. The summed E-state index contributed by atoms with van der Waals surface area (Å²) in [5.74, 6) is 1.21. The Hall–Kier alpha value is -1.88. The van der Waals surface area contributed by atoms with Crippen LogP contribution in [-0.2, 0) is 9.59 Å². The highest BCUT2D eigenvalue weighted by Crippen LogP contribution is 2.28. The molecule has 2 rings (SSSR count). The maximum absolute atomic E-state index is 14.7. The van der Waals surface area contributed by atoms with Gasteiger partial charge in [-0.25, -0.2) is 0 Å². The van der Waals surface area contributed by atoms with Crippen LogP contribution < -0.4 is 5.32 Å². The highest BCUT2D eigenvalue weighted by Gasteiger charge is 2.35. The fourth-order valence-corrected chi connectivity index (χ4v) is 9.53. The second-order valence-electron chi connectivity index (χ2n) is 19.2. The Morgan fingerprint density at radius 1 is 0.610 bits per heavy atom. The van der Waals surface area contributed by atoms with Crippen LogP contribution in [0.4, 0.5) is 0 Å². The second kappa shape index (κ2) is 36.7. The molecule has 0 bridgehead atoms. The van der Waals surface area contributed by atoms with E-state index in [4.69, 9.17) is 0 Å². The lowest BCUT2D eigenvalue weighted by Crippen LogP contribution is -2.52. The van der Waals surface area contributed by atoms with Gasteiger partial charge < -0.3 is 15.1 Å². The molecule has 5 nitrogen and oxygen atoms in total. The van der Waals surface area contributed by atoms with Crippen LogP contribution in [-0.4, -0.2) is 54.3 Å². The Morgan fingerprint density at radius 3 is 1.46 bits per heavy atom. The van der Waals surface area contributed by atoms with Gasteiger partial charge in [0.15, 0.2) is 0 Å². The van der Waals surface area contributed by atoms with Crippen LogP contribution in [0.2, 0.25) is 0 Å². The van der Waals surface area contributed by atoms with Crippen LogP contribution in [0.25, 0.3) is 0 Å². The minimum absolute atomic E-state index is 0.0555. The third-order valence-electron chi connectivity index (χ3n) is 13.7. The number of benzene rings is 1. The summed E-state index contributed by atoms with van der Waals surface area (Å²) >= 11 is 0. The highest BCUT2D eigenvalue weighted by atomic mass is 16.2. The van der Waals surface area contributed by atoms with E-state index in [-0.39, 0.29) is 17.9 Å². The molecule has 5 heteroatoms. The zero-order chi connectivity index (χ0) is 42.6. The lowest BCUT2D eigenvalue weighted by atomic mass is 9.87. The predicted octanol–water partition coefficient (Wildman–Crippen LogP) is 15.6. The summed E-state index contributed by atoms with van der Waals surface area (Å²) in [6.07, 6.45) is 42.7. The van der Waals surface area contributed by atoms with Crippen molar-refractivity contribution in [2.75, 3.05) is 26.7 Å². The van der Waals surface area contributed by atoms with Crippen LogP contribution in [0.15, 0.2) is 30.3 Å². The van der Waals surface area contributed by atoms with Crippen LogP contribution in [0.3, 0.4) is 0 Å². The van der Waals surface area contributed by atoms with E-state index < -0.39 is 6.04 Å². The Balaban J connectivity index is 2.15. The topological polar surface area (TPSA) is 52.7 Å². The first-order chi connectivity index (χ1) is 28.9. The number of piperidine rings is 1. The summed E-state index contributed by atoms with van der Waals surface area (Å²) in [6.45, 7) is 11.9. The highest BCUT2D eigenvalue weighted by molar-refractivity contribution is 5.88. The van der Waals surface area contributed by atoms with Crippen molar-refractivity contribution in [3.05, 3.63) is 35.9 Å². The average molecular weight is 822 g/mol. The maximum atomic E-state index is 14.7. The van der Waals surface area contributed by atoms with Crippen molar-refractivity contribution in [2.45, 2.75) is 258 Å². The summed E-state index contributed by atoms with van der Waals surface area (Å²) in [7, 11) is 2.21. The molecule has 1 aromatic carbocycles. The molecular formula is C54H99N3O2. The van der Waals surface area contributed by atoms with Gasteiger partial charge in [0.2, 0.25) is 11.8 Å². The number of amides is 2. The molecule has 1 aliphatic heterocycles. The van der Waals surface area contributed by atoms with Gasteiger partial charge in [-0.1, -0.05) is 224 Å². The summed E-state index contributed by atoms with van der Waals surface area (Å²) in [5.41, 5.74) is 1.12. The molecular weight excluding hydrogens is 723 g/mol. The van der Waals surface area contributed by atoms with Crippen molar-refractivity contribution in [3.63, 3.8) is 0 Å². The van der Waals surface area contributed by atoms with Crippen molar-refractivity contribution in [2.24, 2.45) is 11.8 Å². The third kappa shape index (κ3) is 26.9. The van der Waals surface area contributed by atoms with E-state index in [0.717, 1.165) is 57.3 Å². The lowest BCUT2D eigenvalue weighted by molar-refractivity contribution is -0.142. The molecule has 1 saturated heterocycles. The number of nitrogens with zero attached hydrogens (tertiary/aromatic N) is 2. The normalized spacial score (nSPS) is 15.3. The number of nitrogens with one attached hydrogen (secondary N) is 1. The van der Waals surface area contributed by atoms with Gasteiger partial charge in [-0.3, -0.25) is 9.59 Å². The first-order valence-electron chi connectivity index (χ1n) is 26.2. The van der Waals surface area contributed by atoms with Crippen LogP contribution in [0, 0.1) is 11.8 Å². The summed E-state index contributed by atoms with van der Waals surface area (Å²) < 4.78 is 0. The molecule has 3 atom stereocenters. The van der Waals surface area contributed by atoms with Crippen molar-refractivity contribution >= 4 is 11.8 Å². The molecule has 0 aromatic heterocycles. The third-order valence-corrected chi connectivity index (χ3v) is 13.7. The van der Waals surface area contributed by atoms with Gasteiger partial charge in [0.1, 0.15) is 6.04 Å². The molecule has 0 radical (unpaired) electrons. The number of hydrogen-bond acceptors (Lipinski definition) is 3. The molecule has 0 aliphatic carbocycles. The summed E-state index contributed by atoms with van der Waals surface area (Å²) in [5, 5.41) is 3.43. The van der Waals surface area contributed by atoms with Gasteiger partial charge in [-0.05, 0) is 83.0 Å². The SMILES string of the molecule is CCCCCCCCCCCCCCCCC(=O)N(CC(CCCCCCCC)CCCCCCCCCC)C(CC1CCN(C)CC1)C(=O)NC(C)c1ccccc1. The molecule has 59 heavy (non-hydrogen) atoms. The maximum Gasteiger partial charge on any atom is 0.243 e. The largest absolute Gasteiger partial charge is 0.348 e. The Bertz CT molecular complexity index is 1100. The average Bonchev–Trinajstić information content (AvgIpc) is 3.24. The molecule has 3 unspecified atom stereocenters. The van der Waals surface area contributed by atoms with E-state index in [1.807, 2.05) is 6.07 Å². The van der Waals surface area contributed by atoms with E-state index >= 15 is 0 Å². The fraction of sp³-hybridized carbons (Fsp3) is 0.852. The molecule has 0 spiro atoms. The van der Waals surface area contributed by atoms with Gasteiger partial charge >= 0.3 is 0 Å². The van der Waals surface area contributed by atoms with E-state index in [1.165, 1.54) is 180 Å². The molecule has 1 fully saturated rings. The number of unbranched alkanes of at least 4 members (excludes halogenated alkanes) is 25. The van der Waals surface area contributed by atoms with Gasteiger partial charge in [-0.2, -0.15) is 0 Å². The van der Waals surface area contributed by atoms with Crippen LogP contribution in [0.1, 0.15) is 258 Å². The second-order valence-corrected chi connectivity index (χ2v) is 19.2. The molecule has 1 aromatic rings.